The lowest BCUT2D eigenvalue weighted by molar-refractivity contribution is -0.119. The number of carbonyl (C=O) groups is 1. The highest BCUT2D eigenvalue weighted by Crippen LogP contribution is 2.49. The van der Waals surface area contributed by atoms with Gasteiger partial charge in [-0.2, -0.15) is 0 Å². The van der Waals surface area contributed by atoms with Crippen molar-refractivity contribution in [3.8, 4) is 0 Å². The maximum absolute atomic E-state index is 14.3. The van der Waals surface area contributed by atoms with Gasteiger partial charge in [-0.05, 0) is 31.5 Å². The first-order valence-corrected chi connectivity index (χ1v) is 7.62. The second-order valence-electron chi connectivity index (χ2n) is 6.38. The summed E-state index contributed by atoms with van der Waals surface area (Å²) in [5.41, 5.74) is 5.28. The van der Waals surface area contributed by atoms with Crippen molar-refractivity contribution in [1.29, 1.82) is 0 Å². The standard InChI is InChI=1S/C16H18F3N3O2/c1-15(4-5-24-8-13(20)22-15)10-6-9(2-3-12(10)17)21-14(23)11-7-16(11,18)19/h2-3,6,11H,4-5,7-8H2,1H3,(H2,20,22)(H,21,23)/t11?,15-/m0/s1. The summed E-state index contributed by atoms with van der Waals surface area (Å²) in [7, 11) is 0. The molecule has 1 fully saturated rings. The average molecular weight is 341 g/mol. The topological polar surface area (TPSA) is 76.7 Å². The number of benzene rings is 1. The van der Waals surface area contributed by atoms with Crippen LogP contribution in [-0.2, 0) is 15.1 Å². The summed E-state index contributed by atoms with van der Waals surface area (Å²) in [6.07, 6.45) is -0.0501. The zero-order chi connectivity index (χ0) is 17.5. The van der Waals surface area contributed by atoms with Gasteiger partial charge in [-0.25, -0.2) is 13.2 Å². The minimum absolute atomic E-state index is 0.171. The van der Waals surface area contributed by atoms with Crippen LogP contribution in [0.4, 0.5) is 18.9 Å². The third kappa shape index (κ3) is 3.24. The maximum atomic E-state index is 14.3. The number of nitrogens with zero attached hydrogens (tertiary/aromatic N) is 1. The number of halogens is 3. The highest BCUT2D eigenvalue weighted by atomic mass is 19.3. The summed E-state index contributed by atoms with van der Waals surface area (Å²) in [6, 6.07) is 3.93. The summed E-state index contributed by atoms with van der Waals surface area (Å²) < 4.78 is 45.5. The Balaban J connectivity index is 1.86. The molecule has 130 valence electrons. The number of rotatable bonds is 3. The van der Waals surface area contributed by atoms with Crippen LogP contribution in [0.25, 0.3) is 0 Å². The summed E-state index contributed by atoms with van der Waals surface area (Å²) in [6.45, 7) is 2.24. The number of alkyl halides is 2. The predicted molar refractivity (Wildman–Crippen MR) is 82.5 cm³/mol. The van der Waals surface area contributed by atoms with E-state index in [9.17, 15) is 18.0 Å². The van der Waals surface area contributed by atoms with Crippen molar-refractivity contribution in [2.24, 2.45) is 16.6 Å². The number of ether oxygens (including phenoxy) is 1. The molecule has 0 saturated heterocycles. The van der Waals surface area contributed by atoms with Gasteiger partial charge in [-0.3, -0.25) is 9.79 Å². The van der Waals surface area contributed by atoms with Crippen LogP contribution in [0.3, 0.4) is 0 Å². The van der Waals surface area contributed by atoms with Crippen molar-refractivity contribution in [3.05, 3.63) is 29.6 Å². The molecule has 5 nitrogen and oxygen atoms in total. The fourth-order valence-corrected chi connectivity index (χ4v) is 2.79. The monoisotopic (exact) mass is 341 g/mol. The molecule has 1 unspecified atom stereocenters. The number of anilines is 1. The van der Waals surface area contributed by atoms with Crippen LogP contribution in [-0.4, -0.2) is 30.9 Å². The molecule has 8 heteroatoms. The number of amidine groups is 1. The van der Waals surface area contributed by atoms with Gasteiger partial charge in [0.25, 0.3) is 5.92 Å². The summed E-state index contributed by atoms with van der Waals surface area (Å²) in [5.74, 6) is -5.29. The van der Waals surface area contributed by atoms with Crippen molar-refractivity contribution in [3.63, 3.8) is 0 Å². The van der Waals surface area contributed by atoms with Gasteiger partial charge < -0.3 is 15.8 Å². The van der Waals surface area contributed by atoms with Gasteiger partial charge in [0.05, 0.1) is 5.54 Å². The SMILES string of the molecule is C[C@@]1(c2cc(NC(=O)C3CC3(F)F)ccc2F)CCOCC(N)=N1. The number of amides is 1. The van der Waals surface area contributed by atoms with Crippen LogP contribution >= 0.6 is 0 Å². The zero-order valence-corrected chi connectivity index (χ0v) is 13.1. The fourth-order valence-electron chi connectivity index (χ4n) is 2.79. The smallest absolute Gasteiger partial charge is 0.260 e. The molecule has 0 radical (unpaired) electrons. The molecule has 24 heavy (non-hydrogen) atoms. The number of nitrogens with two attached hydrogens (primary N) is 1. The Bertz CT molecular complexity index is 708. The molecule has 3 rings (SSSR count). The van der Waals surface area contributed by atoms with Crippen molar-refractivity contribution in [2.75, 3.05) is 18.5 Å². The second-order valence-corrected chi connectivity index (χ2v) is 6.38. The number of aliphatic imine (C=N–C) groups is 1. The molecule has 0 bridgehead atoms. The molecule has 1 aliphatic heterocycles. The Morgan fingerprint density at radius 3 is 2.83 bits per heavy atom. The van der Waals surface area contributed by atoms with Gasteiger partial charge in [0.2, 0.25) is 5.91 Å². The molecule has 1 aromatic rings. The van der Waals surface area contributed by atoms with E-state index >= 15 is 0 Å². The van der Waals surface area contributed by atoms with E-state index in [-0.39, 0.29) is 23.7 Å². The molecular formula is C16H18F3N3O2. The molecule has 2 aliphatic rings. The molecule has 1 saturated carbocycles. The third-order valence-corrected chi connectivity index (χ3v) is 4.33. The number of hydrogen-bond donors (Lipinski definition) is 2. The lowest BCUT2D eigenvalue weighted by atomic mass is 9.88. The van der Waals surface area contributed by atoms with E-state index in [2.05, 4.69) is 10.3 Å². The first-order valence-electron chi connectivity index (χ1n) is 7.62. The minimum Gasteiger partial charge on any atom is -0.386 e. The Kier molecular flexibility index (Phi) is 4.03. The Morgan fingerprint density at radius 2 is 2.17 bits per heavy atom. The average Bonchev–Trinajstić information content (AvgIpc) is 3.18. The van der Waals surface area contributed by atoms with E-state index in [0.29, 0.717) is 13.0 Å². The summed E-state index contributed by atoms with van der Waals surface area (Å²) >= 11 is 0. The van der Waals surface area contributed by atoms with Gasteiger partial charge in [0.1, 0.15) is 24.2 Å². The number of carbonyl (C=O) groups excluding carboxylic acids is 1. The first kappa shape index (κ1) is 16.8. The third-order valence-electron chi connectivity index (χ3n) is 4.33. The molecule has 0 spiro atoms. The van der Waals surface area contributed by atoms with Gasteiger partial charge in [-0.1, -0.05) is 0 Å². The number of hydrogen-bond acceptors (Lipinski definition) is 4. The molecule has 0 aromatic heterocycles. The van der Waals surface area contributed by atoms with Gasteiger partial charge >= 0.3 is 0 Å². The fraction of sp³-hybridized carbons (Fsp3) is 0.500. The normalized spacial score (nSPS) is 28.7. The van der Waals surface area contributed by atoms with E-state index in [0.717, 1.165) is 0 Å². The molecular weight excluding hydrogens is 323 g/mol. The Morgan fingerprint density at radius 1 is 1.46 bits per heavy atom. The zero-order valence-electron chi connectivity index (χ0n) is 13.1. The van der Waals surface area contributed by atoms with Crippen LogP contribution in [0.5, 0.6) is 0 Å². The van der Waals surface area contributed by atoms with Crippen molar-refractivity contribution in [2.45, 2.75) is 31.2 Å². The quantitative estimate of drug-likeness (QED) is 0.886. The van der Waals surface area contributed by atoms with E-state index < -0.39 is 35.5 Å². The Hall–Kier alpha value is -2.09. The van der Waals surface area contributed by atoms with Gasteiger partial charge in [0.15, 0.2) is 0 Å². The van der Waals surface area contributed by atoms with Crippen LogP contribution in [0.15, 0.2) is 23.2 Å². The summed E-state index contributed by atoms with van der Waals surface area (Å²) in [4.78, 5) is 16.1. The Labute approximate surface area is 137 Å². The van der Waals surface area contributed by atoms with Crippen LogP contribution in [0, 0.1) is 11.7 Å². The second kappa shape index (κ2) is 5.77. The summed E-state index contributed by atoms with van der Waals surface area (Å²) in [5, 5.41) is 2.41. The molecule has 1 heterocycles. The maximum Gasteiger partial charge on any atom is 0.260 e. The van der Waals surface area contributed by atoms with Gasteiger partial charge in [-0.15, -0.1) is 0 Å². The molecule has 1 aromatic carbocycles. The minimum atomic E-state index is -2.95. The highest BCUT2D eigenvalue weighted by molar-refractivity contribution is 5.95. The van der Waals surface area contributed by atoms with Crippen LogP contribution in [0.1, 0.15) is 25.3 Å². The molecule has 2 atom stereocenters. The first-order chi connectivity index (χ1) is 11.2. The molecule has 3 N–H and O–H groups in total. The highest BCUT2D eigenvalue weighted by Gasteiger charge is 2.61. The van der Waals surface area contributed by atoms with Gasteiger partial charge in [0, 0.05) is 24.3 Å². The molecule has 1 aliphatic carbocycles. The van der Waals surface area contributed by atoms with Crippen LogP contribution < -0.4 is 11.1 Å². The largest absolute Gasteiger partial charge is 0.386 e. The van der Waals surface area contributed by atoms with Crippen LogP contribution in [0.2, 0.25) is 0 Å². The van der Waals surface area contributed by atoms with Crippen molar-refractivity contribution >= 4 is 17.4 Å². The van der Waals surface area contributed by atoms with E-state index in [4.69, 9.17) is 10.5 Å². The van der Waals surface area contributed by atoms with E-state index in [1.165, 1.54) is 18.2 Å². The number of nitrogens with one attached hydrogen (secondary N) is 1. The van der Waals surface area contributed by atoms with Crippen molar-refractivity contribution < 1.29 is 22.7 Å². The van der Waals surface area contributed by atoms with E-state index in [1.807, 2.05) is 0 Å². The van der Waals surface area contributed by atoms with E-state index in [1.54, 1.807) is 6.92 Å². The predicted octanol–water partition coefficient (Wildman–Crippen LogP) is 2.41. The molecule has 1 amide bonds. The lowest BCUT2D eigenvalue weighted by Crippen LogP contribution is -2.26. The van der Waals surface area contributed by atoms with Crippen molar-refractivity contribution in [1.82, 2.24) is 0 Å². The lowest BCUT2D eigenvalue weighted by Gasteiger charge is -2.25.